The maximum absolute atomic E-state index is 12.0. The van der Waals surface area contributed by atoms with E-state index in [0.29, 0.717) is 10.6 Å². The third-order valence-electron chi connectivity index (χ3n) is 2.87. The molecule has 124 valence electrons. The molecule has 0 aliphatic carbocycles. The summed E-state index contributed by atoms with van der Waals surface area (Å²) in [4.78, 5) is 23.1. The van der Waals surface area contributed by atoms with Crippen LogP contribution >= 0.6 is 47.0 Å². The van der Waals surface area contributed by atoms with Crippen LogP contribution in [0.3, 0.4) is 0 Å². The minimum atomic E-state index is -1.21. The summed E-state index contributed by atoms with van der Waals surface area (Å²) in [6, 6.07) is 8.73. The molecule has 0 aromatic heterocycles. The fourth-order valence-corrected chi connectivity index (χ4v) is 2.58. The van der Waals surface area contributed by atoms with E-state index in [9.17, 15) is 9.59 Å². The van der Waals surface area contributed by atoms with E-state index in [1.54, 1.807) is 12.1 Å². The van der Waals surface area contributed by atoms with Gasteiger partial charge in [0, 0.05) is 10.6 Å². The van der Waals surface area contributed by atoms with Gasteiger partial charge in [-0.3, -0.25) is 10.1 Å². The Hall–Kier alpha value is -1.86. The van der Waals surface area contributed by atoms with Gasteiger partial charge in [0.05, 0.1) is 21.3 Å². The number of carboxylic acids is 1. The van der Waals surface area contributed by atoms with E-state index in [1.807, 2.05) is 0 Å². The van der Waals surface area contributed by atoms with Gasteiger partial charge >= 0.3 is 5.97 Å². The van der Waals surface area contributed by atoms with Crippen LogP contribution in [0.25, 0.3) is 0 Å². The molecule has 3 N–H and O–H groups in total. The summed E-state index contributed by atoms with van der Waals surface area (Å²) in [5.74, 6) is -1.66. The number of hydrogen-bond acceptors (Lipinski definition) is 3. The molecule has 1 amide bonds. The number of thiocarbonyl (C=S) groups is 1. The van der Waals surface area contributed by atoms with E-state index in [1.165, 1.54) is 24.3 Å². The first-order valence-corrected chi connectivity index (χ1v) is 7.92. The SMILES string of the molecule is O=C(NC(=S)Nc1cc(C(=O)O)c(Cl)cc1Cl)c1ccc(Cl)cc1. The zero-order chi connectivity index (χ0) is 17.9. The maximum atomic E-state index is 12.0. The Labute approximate surface area is 157 Å². The van der Waals surface area contributed by atoms with Gasteiger partial charge in [0.25, 0.3) is 5.91 Å². The molecule has 0 heterocycles. The predicted molar refractivity (Wildman–Crippen MR) is 98.6 cm³/mol. The highest BCUT2D eigenvalue weighted by Crippen LogP contribution is 2.29. The summed E-state index contributed by atoms with van der Waals surface area (Å²) >= 11 is 22.6. The average molecular weight is 404 g/mol. The molecule has 0 saturated carbocycles. The molecule has 0 saturated heterocycles. The summed E-state index contributed by atoms with van der Waals surface area (Å²) in [6.45, 7) is 0. The van der Waals surface area contributed by atoms with Crippen molar-refractivity contribution in [2.24, 2.45) is 0 Å². The molecule has 2 aromatic carbocycles. The minimum Gasteiger partial charge on any atom is -0.478 e. The molecule has 24 heavy (non-hydrogen) atoms. The van der Waals surface area contributed by atoms with Crippen LogP contribution in [-0.2, 0) is 0 Å². The van der Waals surface area contributed by atoms with Crippen LogP contribution in [0, 0.1) is 0 Å². The van der Waals surface area contributed by atoms with Gasteiger partial charge in [-0.25, -0.2) is 4.79 Å². The van der Waals surface area contributed by atoms with Crippen LogP contribution < -0.4 is 10.6 Å². The highest BCUT2D eigenvalue weighted by Gasteiger charge is 2.15. The van der Waals surface area contributed by atoms with Crippen molar-refractivity contribution in [2.45, 2.75) is 0 Å². The van der Waals surface area contributed by atoms with Gasteiger partial charge in [-0.05, 0) is 48.6 Å². The normalized spacial score (nSPS) is 10.1. The third kappa shape index (κ3) is 4.58. The number of nitrogens with one attached hydrogen (secondary N) is 2. The van der Waals surface area contributed by atoms with Crippen molar-refractivity contribution in [3.63, 3.8) is 0 Å². The average Bonchev–Trinajstić information content (AvgIpc) is 2.50. The van der Waals surface area contributed by atoms with Crippen molar-refractivity contribution in [2.75, 3.05) is 5.32 Å². The number of anilines is 1. The summed E-state index contributed by atoms with van der Waals surface area (Å²) in [5.41, 5.74) is 0.423. The van der Waals surface area contributed by atoms with E-state index in [-0.39, 0.29) is 26.4 Å². The number of carbonyl (C=O) groups excluding carboxylic acids is 1. The first kappa shape index (κ1) is 18.5. The second-order valence-electron chi connectivity index (χ2n) is 4.53. The lowest BCUT2D eigenvalue weighted by Gasteiger charge is -2.12. The second kappa shape index (κ2) is 7.81. The predicted octanol–water partition coefficient (Wildman–Crippen LogP) is 4.47. The van der Waals surface area contributed by atoms with Crippen LogP contribution in [-0.4, -0.2) is 22.1 Å². The Morgan fingerprint density at radius 2 is 1.62 bits per heavy atom. The maximum Gasteiger partial charge on any atom is 0.337 e. The molecule has 9 heteroatoms. The van der Waals surface area contributed by atoms with E-state index in [0.717, 1.165) is 0 Å². The molecule has 0 fully saturated rings. The molecule has 0 bridgehead atoms. The molecule has 2 rings (SSSR count). The van der Waals surface area contributed by atoms with Gasteiger partial charge in [-0.15, -0.1) is 0 Å². The Balaban J connectivity index is 2.12. The molecule has 0 unspecified atom stereocenters. The number of rotatable bonds is 3. The number of benzene rings is 2. The van der Waals surface area contributed by atoms with Gasteiger partial charge in [-0.1, -0.05) is 34.8 Å². The fraction of sp³-hybridized carbons (Fsp3) is 0. The molecule has 5 nitrogen and oxygen atoms in total. The third-order valence-corrected chi connectivity index (χ3v) is 3.95. The zero-order valence-electron chi connectivity index (χ0n) is 11.8. The van der Waals surface area contributed by atoms with Crippen LogP contribution in [0.15, 0.2) is 36.4 Å². The van der Waals surface area contributed by atoms with Gasteiger partial charge in [0.15, 0.2) is 5.11 Å². The highest BCUT2D eigenvalue weighted by molar-refractivity contribution is 7.80. The smallest absolute Gasteiger partial charge is 0.337 e. The monoisotopic (exact) mass is 402 g/mol. The topological polar surface area (TPSA) is 78.4 Å². The number of amides is 1. The van der Waals surface area contributed by atoms with E-state index in [2.05, 4.69) is 10.6 Å². The van der Waals surface area contributed by atoms with Crippen LogP contribution in [0.5, 0.6) is 0 Å². The van der Waals surface area contributed by atoms with Crippen molar-refractivity contribution >= 4 is 69.7 Å². The minimum absolute atomic E-state index is 0.00540. The lowest BCUT2D eigenvalue weighted by atomic mass is 10.2. The van der Waals surface area contributed by atoms with Gasteiger partial charge in [0.1, 0.15) is 0 Å². The Bertz CT molecular complexity index is 825. The second-order valence-corrected chi connectivity index (χ2v) is 6.19. The van der Waals surface area contributed by atoms with Crippen LogP contribution in [0.2, 0.25) is 15.1 Å². The molecule has 0 spiro atoms. The van der Waals surface area contributed by atoms with Crippen molar-refractivity contribution in [3.8, 4) is 0 Å². The summed E-state index contributed by atoms with van der Waals surface area (Å²) < 4.78 is 0. The number of hydrogen-bond donors (Lipinski definition) is 3. The summed E-state index contributed by atoms with van der Waals surface area (Å²) in [5, 5.41) is 14.8. The highest BCUT2D eigenvalue weighted by atomic mass is 35.5. The zero-order valence-corrected chi connectivity index (χ0v) is 14.9. The lowest BCUT2D eigenvalue weighted by Crippen LogP contribution is -2.34. The van der Waals surface area contributed by atoms with Crippen LogP contribution in [0.1, 0.15) is 20.7 Å². The molecule has 2 aromatic rings. The molecular weight excluding hydrogens is 395 g/mol. The number of carboxylic acid groups (broad SMARTS) is 1. The van der Waals surface area contributed by atoms with Crippen molar-refractivity contribution in [1.82, 2.24) is 5.32 Å². The summed E-state index contributed by atoms with van der Waals surface area (Å²) in [6.07, 6.45) is 0. The fourth-order valence-electron chi connectivity index (χ4n) is 1.74. The number of halogens is 3. The van der Waals surface area contributed by atoms with Crippen molar-refractivity contribution in [3.05, 3.63) is 62.6 Å². The Kier molecular flexibility index (Phi) is 6.01. The van der Waals surface area contributed by atoms with E-state index in [4.69, 9.17) is 52.1 Å². The largest absolute Gasteiger partial charge is 0.478 e. The number of aromatic carboxylic acids is 1. The van der Waals surface area contributed by atoms with Gasteiger partial charge in [0.2, 0.25) is 0 Å². The molecule has 0 aliphatic rings. The van der Waals surface area contributed by atoms with Crippen molar-refractivity contribution < 1.29 is 14.7 Å². The lowest BCUT2D eigenvalue weighted by molar-refractivity contribution is 0.0697. The van der Waals surface area contributed by atoms with Gasteiger partial charge < -0.3 is 10.4 Å². The first-order valence-electron chi connectivity index (χ1n) is 6.38. The molecule has 0 radical (unpaired) electrons. The van der Waals surface area contributed by atoms with Crippen LogP contribution in [0.4, 0.5) is 5.69 Å². The molecule has 0 aliphatic heterocycles. The van der Waals surface area contributed by atoms with E-state index < -0.39 is 11.9 Å². The summed E-state index contributed by atoms with van der Waals surface area (Å²) in [7, 11) is 0. The first-order chi connectivity index (χ1) is 11.3. The molecular formula is C15H9Cl3N2O3S. The Morgan fingerprint density at radius 1 is 1.00 bits per heavy atom. The standard InChI is InChI=1S/C15H9Cl3N2O3S/c16-8-3-1-7(2-4-8)13(21)20-15(24)19-12-5-9(14(22)23)10(17)6-11(12)18/h1-6H,(H,22,23)(H2,19,20,21,24). The van der Waals surface area contributed by atoms with Gasteiger partial charge in [-0.2, -0.15) is 0 Å². The van der Waals surface area contributed by atoms with E-state index >= 15 is 0 Å². The van der Waals surface area contributed by atoms with Crippen molar-refractivity contribution in [1.29, 1.82) is 0 Å². The quantitative estimate of drug-likeness (QED) is 0.659. The Morgan fingerprint density at radius 3 is 2.21 bits per heavy atom. The molecule has 0 atom stereocenters. The number of carbonyl (C=O) groups is 2.